The summed E-state index contributed by atoms with van der Waals surface area (Å²) in [6.45, 7) is 8.41. The smallest absolute Gasteiger partial charge is 0.279 e. The van der Waals surface area contributed by atoms with Gasteiger partial charge in [0.05, 0.1) is 11.1 Å². The predicted molar refractivity (Wildman–Crippen MR) is 131 cm³/mol. The second-order valence-corrected chi connectivity index (χ2v) is 11.4. The molecule has 0 spiro atoms. The molecule has 0 radical (unpaired) electrons. The molecule has 34 heavy (non-hydrogen) atoms. The summed E-state index contributed by atoms with van der Waals surface area (Å²) in [5, 5.41) is 9.07. The number of Topliss-reactive ketones (excluding diaryl/α,β-unsaturated/α-hetero) is 1. The number of thiophene rings is 1. The number of hydrogen-bond acceptors (Lipinski definition) is 7. The summed E-state index contributed by atoms with van der Waals surface area (Å²) in [5.74, 6) is 0.639. The van der Waals surface area contributed by atoms with Crippen LogP contribution in [-0.2, 0) is 17.6 Å². The molecular formula is C25H28N4O4S. The van der Waals surface area contributed by atoms with Crippen LogP contribution in [0.15, 0.2) is 23.0 Å². The molecule has 1 aliphatic heterocycles. The van der Waals surface area contributed by atoms with E-state index in [1.54, 1.807) is 43.5 Å². The zero-order chi connectivity index (χ0) is 24.4. The molecule has 2 aliphatic rings. The van der Waals surface area contributed by atoms with Crippen LogP contribution in [0.25, 0.3) is 10.2 Å². The van der Waals surface area contributed by atoms with Crippen molar-refractivity contribution in [2.45, 2.75) is 53.0 Å². The highest BCUT2D eigenvalue weighted by molar-refractivity contribution is 7.18. The number of nitrogens with zero attached hydrogens (tertiary/aromatic N) is 4. The number of aryl methyl sites for hydroxylation is 1. The number of ketones is 1. The first-order chi connectivity index (χ1) is 16.1. The number of rotatable bonds is 3. The van der Waals surface area contributed by atoms with Crippen LogP contribution in [0, 0.1) is 11.3 Å². The number of benzene rings is 1. The Bertz CT molecular complexity index is 1380. The standard InChI is InChI=1S/C25H28N4O4S/c1-13(22(31)14-6-9-18-17(10-14)28(5)20(30)12-33-18)29-24(32)21-16-8-7-15(25(2,3)4)11-19(16)34-23(21)26-27-29/h6,9-10,13,15H,7-8,11-12H2,1-5H3. The van der Waals surface area contributed by atoms with E-state index in [4.69, 9.17) is 4.74 Å². The topological polar surface area (TPSA) is 94.4 Å². The lowest BCUT2D eigenvalue weighted by atomic mass is 9.72. The van der Waals surface area contributed by atoms with E-state index in [1.807, 2.05) is 0 Å². The maximum Gasteiger partial charge on any atom is 0.279 e. The van der Waals surface area contributed by atoms with Crippen molar-refractivity contribution in [3.63, 3.8) is 0 Å². The number of aromatic nitrogens is 3. The summed E-state index contributed by atoms with van der Waals surface area (Å²) >= 11 is 1.55. The zero-order valence-corrected chi connectivity index (χ0v) is 20.9. The number of carbonyl (C=O) groups excluding carboxylic acids is 2. The summed E-state index contributed by atoms with van der Waals surface area (Å²) < 4.78 is 6.64. The second kappa shape index (κ2) is 8.01. The van der Waals surface area contributed by atoms with E-state index >= 15 is 0 Å². The molecule has 5 rings (SSSR count). The third-order valence-electron chi connectivity index (χ3n) is 7.20. The lowest BCUT2D eigenvalue weighted by molar-refractivity contribution is -0.120. The molecule has 0 bridgehead atoms. The van der Waals surface area contributed by atoms with Crippen molar-refractivity contribution in [1.29, 1.82) is 0 Å². The molecule has 2 aromatic heterocycles. The maximum absolute atomic E-state index is 13.5. The molecule has 8 nitrogen and oxygen atoms in total. The van der Waals surface area contributed by atoms with Crippen molar-refractivity contribution in [3.8, 4) is 5.75 Å². The third kappa shape index (κ3) is 3.62. The zero-order valence-electron chi connectivity index (χ0n) is 20.0. The summed E-state index contributed by atoms with van der Waals surface area (Å²) in [6.07, 6.45) is 2.81. The Kier molecular flexibility index (Phi) is 5.35. The van der Waals surface area contributed by atoms with Gasteiger partial charge in [-0.15, -0.1) is 16.4 Å². The van der Waals surface area contributed by atoms with Gasteiger partial charge in [-0.05, 0) is 61.3 Å². The lowest BCUT2D eigenvalue weighted by Gasteiger charge is -2.33. The Morgan fingerprint density at radius 1 is 1.26 bits per heavy atom. The Morgan fingerprint density at radius 3 is 2.76 bits per heavy atom. The Morgan fingerprint density at radius 2 is 2.03 bits per heavy atom. The minimum Gasteiger partial charge on any atom is -0.482 e. The summed E-state index contributed by atoms with van der Waals surface area (Å²) in [7, 11) is 1.65. The molecular weight excluding hydrogens is 452 g/mol. The average molecular weight is 481 g/mol. The van der Waals surface area contributed by atoms with E-state index < -0.39 is 6.04 Å². The van der Waals surface area contributed by atoms with E-state index in [2.05, 4.69) is 31.1 Å². The summed E-state index contributed by atoms with van der Waals surface area (Å²) in [5.41, 5.74) is 1.92. The van der Waals surface area contributed by atoms with Gasteiger partial charge in [-0.1, -0.05) is 26.0 Å². The molecule has 9 heteroatoms. The highest BCUT2D eigenvalue weighted by atomic mass is 32.1. The van der Waals surface area contributed by atoms with E-state index in [0.29, 0.717) is 33.1 Å². The molecule has 0 N–H and O–H groups in total. The van der Waals surface area contributed by atoms with Gasteiger partial charge in [0.2, 0.25) is 0 Å². The second-order valence-electron chi connectivity index (χ2n) is 10.3. The number of hydrogen-bond donors (Lipinski definition) is 0. The number of amides is 1. The SMILES string of the molecule is CC(C(=O)c1ccc2c(c1)N(C)C(=O)CO2)n1nnc2sc3c(c2c1=O)CCC(C(C)(C)C)C3. The highest BCUT2D eigenvalue weighted by Gasteiger charge is 2.33. The number of ether oxygens (including phenoxy) is 1. The van der Waals surface area contributed by atoms with Gasteiger partial charge in [-0.3, -0.25) is 14.4 Å². The monoisotopic (exact) mass is 480 g/mol. The molecule has 0 saturated carbocycles. The average Bonchev–Trinajstić information content (AvgIpc) is 3.19. The number of anilines is 1. The molecule has 2 atom stereocenters. The van der Waals surface area contributed by atoms with Crippen LogP contribution in [0.3, 0.4) is 0 Å². The Hall–Kier alpha value is -3.07. The largest absolute Gasteiger partial charge is 0.482 e. The van der Waals surface area contributed by atoms with Crippen LogP contribution in [0.5, 0.6) is 5.75 Å². The van der Waals surface area contributed by atoms with Crippen molar-refractivity contribution in [1.82, 2.24) is 15.0 Å². The fourth-order valence-corrected chi connectivity index (χ4v) is 6.11. The van der Waals surface area contributed by atoms with E-state index in [9.17, 15) is 14.4 Å². The van der Waals surface area contributed by atoms with Gasteiger partial charge < -0.3 is 9.64 Å². The molecule has 2 unspecified atom stereocenters. The van der Waals surface area contributed by atoms with Crippen LogP contribution < -0.4 is 15.2 Å². The third-order valence-corrected chi connectivity index (χ3v) is 8.34. The van der Waals surface area contributed by atoms with Crippen molar-refractivity contribution in [2.75, 3.05) is 18.6 Å². The van der Waals surface area contributed by atoms with Crippen LogP contribution in [0.1, 0.15) is 61.0 Å². The number of fused-ring (bicyclic) bond motifs is 4. The molecule has 178 valence electrons. The first-order valence-corrected chi connectivity index (χ1v) is 12.3. The van der Waals surface area contributed by atoms with Crippen molar-refractivity contribution in [3.05, 3.63) is 44.6 Å². The van der Waals surface area contributed by atoms with Crippen molar-refractivity contribution >= 4 is 38.9 Å². The Labute approximate surface area is 201 Å². The van der Waals surface area contributed by atoms with E-state index in [1.165, 1.54) is 14.5 Å². The van der Waals surface area contributed by atoms with Crippen LogP contribution in [0.4, 0.5) is 5.69 Å². The fourth-order valence-electron chi connectivity index (χ4n) is 4.88. The van der Waals surface area contributed by atoms with Gasteiger partial charge in [0.15, 0.2) is 17.2 Å². The summed E-state index contributed by atoms with van der Waals surface area (Å²) in [4.78, 5) is 42.1. The van der Waals surface area contributed by atoms with Gasteiger partial charge >= 0.3 is 0 Å². The number of carbonyl (C=O) groups is 2. The molecule has 3 heterocycles. The van der Waals surface area contributed by atoms with E-state index in [0.717, 1.165) is 24.8 Å². The minimum atomic E-state index is -0.838. The van der Waals surface area contributed by atoms with Gasteiger partial charge in [0, 0.05) is 17.5 Å². The lowest BCUT2D eigenvalue weighted by Crippen LogP contribution is -2.36. The molecule has 1 aliphatic carbocycles. The quantitative estimate of drug-likeness (QED) is 0.529. The minimum absolute atomic E-state index is 0.0281. The van der Waals surface area contributed by atoms with E-state index in [-0.39, 0.29) is 29.3 Å². The van der Waals surface area contributed by atoms with Gasteiger partial charge in [0.1, 0.15) is 11.8 Å². The first kappa shape index (κ1) is 22.7. The highest BCUT2D eigenvalue weighted by Crippen LogP contribution is 2.42. The van der Waals surface area contributed by atoms with Gasteiger partial charge in [-0.2, -0.15) is 4.68 Å². The number of likely N-dealkylation sites (N-methyl/N-ethyl adjacent to an activating group) is 1. The normalized spacial score (nSPS) is 18.9. The molecule has 0 saturated heterocycles. The molecule has 1 aromatic carbocycles. The summed E-state index contributed by atoms with van der Waals surface area (Å²) in [6, 6.07) is 4.12. The van der Waals surface area contributed by atoms with Crippen molar-refractivity contribution < 1.29 is 14.3 Å². The maximum atomic E-state index is 13.5. The van der Waals surface area contributed by atoms with Gasteiger partial charge in [-0.25, -0.2) is 0 Å². The Balaban J connectivity index is 1.49. The van der Waals surface area contributed by atoms with Gasteiger partial charge in [0.25, 0.3) is 11.5 Å². The molecule has 1 amide bonds. The predicted octanol–water partition coefficient (Wildman–Crippen LogP) is 3.80. The van der Waals surface area contributed by atoms with Crippen LogP contribution >= 0.6 is 11.3 Å². The van der Waals surface area contributed by atoms with Crippen molar-refractivity contribution in [2.24, 2.45) is 11.3 Å². The first-order valence-electron chi connectivity index (χ1n) is 11.5. The molecule has 3 aromatic rings. The van der Waals surface area contributed by atoms with Crippen LogP contribution in [-0.4, -0.2) is 40.3 Å². The van der Waals surface area contributed by atoms with Crippen LogP contribution in [0.2, 0.25) is 0 Å². The molecule has 0 fully saturated rings. The fraction of sp³-hybridized carbons (Fsp3) is 0.480.